The van der Waals surface area contributed by atoms with Crippen LogP contribution in [0.3, 0.4) is 0 Å². The van der Waals surface area contributed by atoms with E-state index >= 15 is 0 Å². The van der Waals surface area contributed by atoms with Crippen molar-refractivity contribution in [2.24, 2.45) is 29.1 Å². The third kappa shape index (κ3) is 5.87. The van der Waals surface area contributed by atoms with Crippen LogP contribution in [0.2, 0.25) is 0 Å². The van der Waals surface area contributed by atoms with Gasteiger partial charge in [-0.3, -0.25) is 0 Å². The maximum Gasteiger partial charge on any atom is -0.0169 e. The first-order valence-electron chi connectivity index (χ1n) is 12.4. The minimum atomic E-state index is 0.511. The van der Waals surface area contributed by atoms with Crippen molar-refractivity contribution in [3.8, 4) is 0 Å². The van der Waals surface area contributed by atoms with Gasteiger partial charge in [0.1, 0.15) is 0 Å². The van der Waals surface area contributed by atoms with E-state index in [4.69, 9.17) is 0 Å². The minimum Gasteiger partial charge on any atom is -0.0882 e. The van der Waals surface area contributed by atoms with Gasteiger partial charge in [0.15, 0.2) is 0 Å². The monoisotopic (exact) mass is 382 g/mol. The molecule has 3 unspecified atom stereocenters. The quantitative estimate of drug-likeness (QED) is 0.328. The highest BCUT2D eigenvalue weighted by Gasteiger charge is 2.39. The van der Waals surface area contributed by atoms with Crippen molar-refractivity contribution >= 4 is 0 Å². The van der Waals surface area contributed by atoms with Gasteiger partial charge in [-0.15, -0.1) is 0 Å². The summed E-state index contributed by atoms with van der Waals surface area (Å²) in [5.41, 5.74) is 5.69. The van der Waals surface area contributed by atoms with Gasteiger partial charge in [-0.05, 0) is 93.8 Å². The molecule has 158 valence electrons. The first-order chi connectivity index (χ1) is 13.4. The number of allylic oxidation sites excluding steroid dienone is 6. The maximum atomic E-state index is 2.58. The van der Waals surface area contributed by atoms with E-state index in [0.29, 0.717) is 5.41 Å². The van der Waals surface area contributed by atoms with Crippen LogP contribution >= 0.6 is 0 Å². The molecule has 0 saturated heterocycles. The van der Waals surface area contributed by atoms with Crippen LogP contribution < -0.4 is 0 Å². The molecule has 3 saturated carbocycles. The molecule has 0 nitrogen and oxygen atoms in total. The van der Waals surface area contributed by atoms with Gasteiger partial charge < -0.3 is 0 Å². The predicted octanol–water partition coefficient (Wildman–Crippen LogP) is 9.04. The molecule has 0 radical (unpaired) electrons. The van der Waals surface area contributed by atoms with E-state index in [1.165, 1.54) is 77.0 Å². The van der Waals surface area contributed by atoms with Crippen molar-refractivity contribution < 1.29 is 0 Å². The average Bonchev–Trinajstić information content (AvgIpc) is 3.06. The van der Waals surface area contributed by atoms with Crippen LogP contribution in [0.25, 0.3) is 0 Å². The van der Waals surface area contributed by atoms with Crippen LogP contribution in [0.1, 0.15) is 112 Å². The van der Waals surface area contributed by atoms with E-state index in [0.717, 1.165) is 23.7 Å². The Morgan fingerprint density at radius 2 is 1.75 bits per heavy atom. The van der Waals surface area contributed by atoms with E-state index in [1.54, 1.807) is 11.1 Å². The molecule has 3 rings (SSSR count). The number of unbranched alkanes of at least 4 members (excludes halogenated alkanes) is 1. The Morgan fingerprint density at radius 3 is 2.46 bits per heavy atom. The fourth-order valence-corrected chi connectivity index (χ4v) is 6.38. The number of fused-ring (bicyclic) bond motifs is 1. The van der Waals surface area contributed by atoms with E-state index in [-0.39, 0.29) is 0 Å². The molecule has 0 N–H and O–H groups in total. The van der Waals surface area contributed by atoms with Crippen LogP contribution in [-0.2, 0) is 0 Å². The van der Waals surface area contributed by atoms with Crippen LogP contribution in [0.5, 0.6) is 0 Å². The van der Waals surface area contributed by atoms with Crippen molar-refractivity contribution in [3.05, 3.63) is 34.9 Å². The van der Waals surface area contributed by atoms with Crippen LogP contribution in [0.15, 0.2) is 34.9 Å². The highest BCUT2D eigenvalue weighted by Crippen LogP contribution is 2.50. The topological polar surface area (TPSA) is 0 Å². The van der Waals surface area contributed by atoms with Gasteiger partial charge in [-0.1, -0.05) is 81.9 Å². The molecule has 0 heteroatoms. The normalized spacial score (nSPS) is 35.7. The standard InChI is InChI=1S/C28H46/c1-6-23-15-13-22(20-21(23)2)14-16-25-11-9-12-26-24(17-18-27(25)26)10-7-8-19-28(3,4)5/h6,14,16,21,24,26-27H,7-13,15,17-20H2,1-5H3/b22-14-,23-6-,25-16+/t21-,24?,26?,27?/m1/s1. The molecule has 3 aliphatic rings. The van der Waals surface area contributed by atoms with Gasteiger partial charge >= 0.3 is 0 Å². The summed E-state index contributed by atoms with van der Waals surface area (Å²) < 4.78 is 0. The van der Waals surface area contributed by atoms with Gasteiger partial charge in [0.2, 0.25) is 0 Å². The molecule has 0 aromatic rings. The molecule has 3 fully saturated rings. The van der Waals surface area contributed by atoms with Gasteiger partial charge in [0, 0.05) is 0 Å². The summed E-state index contributed by atoms with van der Waals surface area (Å²) >= 11 is 0. The van der Waals surface area contributed by atoms with Crippen molar-refractivity contribution in [2.45, 2.75) is 112 Å². The second kappa shape index (κ2) is 9.82. The number of rotatable bonds is 5. The fourth-order valence-electron chi connectivity index (χ4n) is 6.38. The first-order valence-corrected chi connectivity index (χ1v) is 12.4. The Morgan fingerprint density at radius 1 is 0.929 bits per heavy atom. The Hall–Kier alpha value is -0.780. The molecule has 4 atom stereocenters. The fraction of sp³-hybridized carbons (Fsp3) is 0.786. The van der Waals surface area contributed by atoms with Crippen LogP contribution in [0, 0.1) is 29.1 Å². The highest BCUT2D eigenvalue weighted by atomic mass is 14.4. The van der Waals surface area contributed by atoms with Gasteiger partial charge in [-0.25, -0.2) is 0 Å². The van der Waals surface area contributed by atoms with Crippen molar-refractivity contribution in [3.63, 3.8) is 0 Å². The SMILES string of the molecule is C/C=C1/CC/C(=C/C=C2\CCCC3C(CCCCC(C)(C)C)CCC23)C[C@H]1C. The predicted molar refractivity (Wildman–Crippen MR) is 124 cm³/mol. The molecule has 0 spiro atoms. The third-order valence-corrected chi connectivity index (χ3v) is 8.04. The van der Waals surface area contributed by atoms with Gasteiger partial charge in [0.25, 0.3) is 0 Å². The summed E-state index contributed by atoms with van der Waals surface area (Å²) in [6, 6.07) is 0. The molecule has 0 amide bonds. The molecule has 0 aromatic heterocycles. The molecule has 0 aliphatic heterocycles. The molecule has 0 bridgehead atoms. The summed E-state index contributed by atoms with van der Waals surface area (Å²) in [4.78, 5) is 0. The maximum absolute atomic E-state index is 2.58. The largest absolute Gasteiger partial charge is 0.0882 e. The van der Waals surface area contributed by atoms with Gasteiger partial charge in [-0.2, -0.15) is 0 Å². The molecule has 0 heterocycles. The second-order valence-corrected chi connectivity index (χ2v) is 11.3. The summed E-state index contributed by atoms with van der Waals surface area (Å²) in [6.07, 6.45) is 24.4. The summed E-state index contributed by atoms with van der Waals surface area (Å²) in [5, 5.41) is 0. The zero-order chi connectivity index (χ0) is 20.1. The Labute approximate surface area is 176 Å². The molecule has 3 aliphatic carbocycles. The lowest BCUT2D eigenvalue weighted by Crippen LogP contribution is -2.21. The lowest BCUT2D eigenvalue weighted by molar-refractivity contribution is 0.257. The zero-order valence-corrected chi connectivity index (χ0v) is 19.5. The first kappa shape index (κ1) is 21.9. The van der Waals surface area contributed by atoms with Crippen LogP contribution in [0.4, 0.5) is 0 Å². The van der Waals surface area contributed by atoms with E-state index in [2.05, 4.69) is 52.8 Å². The average molecular weight is 383 g/mol. The highest BCUT2D eigenvalue weighted by molar-refractivity contribution is 5.26. The van der Waals surface area contributed by atoms with E-state index in [9.17, 15) is 0 Å². The smallest absolute Gasteiger partial charge is 0.0169 e. The Kier molecular flexibility index (Phi) is 7.68. The lowest BCUT2D eigenvalue weighted by Gasteiger charge is -2.32. The van der Waals surface area contributed by atoms with E-state index < -0.39 is 0 Å². The molecular weight excluding hydrogens is 336 g/mol. The molecule has 0 aromatic carbocycles. The minimum absolute atomic E-state index is 0.511. The van der Waals surface area contributed by atoms with Crippen LogP contribution in [-0.4, -0.2) is 0 Å². The second-order valence-electron chi connectivity index (χ2n) is 11.3. The van der Waals surface area contributed by atoms with Crippen molar-refractivity contribution in [2.75, 3.05) is 0 Å². The summed E-state index contributed by atoms with van der Waals surface area (Å²) in [6.45, 7) is 11.8. The number of hydrogen-bond acceptors (Lipinski definition) is 0. The Balaban J connectivity index is 1.54. The van der Waals surface area contributed by atoms with Gasteiger partial charge in [0.05, 0.1) is 0 Å². The lowest BCUT2D eigenvalue weighted by atomic mass is 9.73. The molecule has 28 heavy (non-hydrogen) atoms. The third-order valence-electron chi connectivity index (χ3n) is 8.04. The number of hydrogen-bond donors (Lipinski definition) is 0. The molecular formula is C28H46. The zero-order valence-electron chi connectivity index (χ0n) is 19.5. The van der Waals surface area contributed by atoms with Crippen molar-refractivity contribution in [1.29, 1.82) is 0 Å². The van der Waals surface area contributed by atoms with E-state index in [1.807, 2.05) is 5.57 Å². The Bertz CT molecular complexity index is 594. The van der Waals surface area contributed by atoms with Crippen molar-refractivity contribution in [1.82, 2.24) is 0 Å². The summed E-state index contributed by atoms with van der Waals surface area (Å²) in [7, 11) is 0. The summed E-state index contributed by atoms with van der Waals surface area (Å²) in [5.74, 6) is 3.71.